The van der Waals surface area contributed by atoms with Crippen LogP contribution in [0.1, 0.15) is 36.9 Å². The van der Waals surface area contributed by atoms with Gasteiger partial charge in [-0.2, -0.15) is 0 Å². The minimum absolute atomic E-state index is 0.494. The Balaban J connectivity index is 1.68. The van der Waals surface area contributed by atoms with Gasteiger partial charge < -0.3 is 9.73 Å². The molecule has 2 rings (SSSR count). The maximum absolute atomic E-state index is 5.63. The van der Waals surface area contributed by atoms with E-state index in [-0.39, 0.29) is 0 Å². The molecule has 4 nitrogen and oxygen atoms in total. The van der Waals surface area contributed by atoms with Crippen LogP contribution in [0.2, 0.25) is 0 Å². The van der Waals surface area contributed by atoms with Gasteiger partial charge >= 0.3 is 0 Å². The molecule has 0 aliphatic rings. The molecule has 0 atom stereocenters. The van der Waals surface area contributed by atoms with Gasteiger partial charge in [0.15, 0.2) is 0 Å². The summed E-state index contributed by atoms with van der Waals surface area (Å²) in [6, 6.07) is 4.75. The van der Waals surface area contributed by atoms with Gasteiger partial charge in [-0.15, -0.1) is 21.5 Å². The van der Waals surface area contributed by atoms with Crippen molar-refractivity contribution in [3.63, 3.8) is 0 Å². The van der Waals surface area contributed by atoms with Crippen molar-refractivity contribution in [2.24, 2.45) is 0 Å². The Morgan fingerprint density at radius 2 is 2.00 bits per heavy atom. The summed E-state index contributed by atoms with van der Waals surface area (Å²) in [5.74, 6) is 1.50. The highest BCUT2D eigenvalue weighted by Gasteiger charge is 2.06. The summed E-state index contributed by atoms with van der Waals surface area (Å²) in [6.07, 6.45) is 3.81. The summed E-state index contributed by atoms with van der Waals surface area (Å²) in [5, 5.41) is 13.6. The van der Waals surface area contributed by atoms with Gasteiger partial charge in [0.1, 0.15) is 0 Å². The number of nitrogens with one attached hydrogen (secondary N) is 1. The third kappa shape index (κ3) is 5.12. The first-order valence-corrected chi connectivity index (χ1v) is 7.69. The maximum atomic E-state index is 5.63. The van der Waals surface area contributed by atoms with Crippen LogP contribution in [-0.4, -0.2) is 22.8 Å². The zero-order valence-corrected chi connectivity index (χ0v) is 12.4. The molecule has 1 N–H and O–H groups in total. The molecule has 0 saturated heterocycles. The lowest BCUT2D eigenvalue weighted by Gasteiger charge is -2.04. The maximum Gasteiger partial charge on any atom is 0.217 e. The Bertz CT molecular complexity index is 465. The van der Waals surface area contributed by atoms with Crippen molar-refractivity contribution < 1.29 is 4.42 Å². The molecule has 0 amide bonds. The number of hydrogen-bond acceptors (Lipinski definition) is 5. The largest absolute Gasteiger partial charge is 0.425 e. The van der Waals surface area contributed by atoms with E-state index in [0.717, 1.165) is 44.0 Å². The van der Waals surface area contributed by atoms with Crippen LogP contribution < -0.4 is 5.32 Å². The Labute approximate surface area is 118 Å². The zero-order valence-electron chi connectivity index (χ0n) is 11.6. The molecule has 0 radical (unpaired) electrons. The van der Waals surface area contributed by atoms with Crippen molar-refractivity contribution in [2.45, 2.75) is 45.6 Å². The number of nitrogens with zero attached hydrogens (tertiary/aromatic N) is 2. The Hall–Kier alpha value is -1.20. The summed E-state index contributed by atoms with van der Waals surface area (Å²) in [7, 11) is 0. The average Bonchev–Trinajstić information content (AvgIpc) is 3.00. The van der Waals surface area contributed by atoms with E-state index >= 15 is 0 Å². The van der Waals surface area contributed by atoms with E-state index in [1.165, 1.54) is 4.88 Å². The van der Waals surface area contributed by atoms with E-state index in [1.807, 2.05) is 0 Å². The second-order valence-electron chi connectivity index (χ2n) is 4.88. The average molecular weight is 279 g/mol. The molecule has 0 aliphatic carbocycles. The molecular formula is C14H21N3OS. The van der Waals surface area contributed by atoms with E-state index in [0.29, 0.717) is 6.04 Å². The van der Waals surface area contributed by atoms with Crippen molar-refractivity contribution in [1.29, 1.82) is 0 Å². The highest BCUT2D eigenvalue weighted by Crippen LogP contribution is 2.12. The summed E-state index contributed by atoms with van der Waals surface area (Å²) in [4.78, 5) is 1.42. The quantitative estimate of drug-likeness (QED) is 0.807. The summed E-state index contributed by atoms with van der Waals surface area (Å²) < 4.78 is 5.63. The normalized spacial score (nSPS) is 11.3. The van der Waals surface area contributed by atoms with Gasteiger partial charge in [0.05, 0.1) is 0 Å². The minimum Gasteiger partial charge on any atom is -0.425 e. The van der Waals surface area contributed by atoms with Gasteiger partial charge in [-0.1, -0.05) is 19.9 Å². The number of rotatable bonds is 8. The lowest BCUT2D eigenvalue weighted by atomic mass is 10.2. The van der Waals surface area contributed by atoms with E-state index < -0.39 is 0 Å². The van der Waals surface area contributed by atoms with Crippen molar-refractivity contribution in [1.82, 2.24) is 15.5 Å². The molecule has 2 aromatic heterocycles. The molecule has 0 bridgehead atoms. The molecule has 2 aromatic rings. The van der Waals surface area contributed by atoms with E-state index in [9.17, 15) is 0 Å². The molecule has 5 heteroatoms. The predicted octanol–water partition coefficient (Wildman–Crippen LogP) is 2.85. The second kappa shape index (κ2) is 7.40. The van der Waals surface area contributed by atoms with Gasteiger partial charge in [0.2, 0.25) is 11.8 Å². The molecule has 0 aliphatic heterocycles. The van der Waals surface area contributed by atoms with E-state index in [1.54, 1.807) is 11.3 Å². The van der Waals surface area contributed by atoms with Crippen LogP contribution >= 0.6 is 11.3 Å². The first kappa shape index (κ1) is 14.2. The molecule has 0 saturated carbocycles. The van der Waals surface area contributed by atoms with Gasteiger partial charge in [-0.25, -0.2) is 0 Å². The Kier molecular flexibility index (Phi) is 5.54. The van der Waals surface area contributed by atoms with Gasteiger partial charge in [0.25, 0.3) is 0 Å². The van der Waals surface area contributed by atoms with Crippen LogP contribution in [0.5, 0.6) is 0 Å². The van der Waals surface area contributed by atoms with Crippen molar-refractivity contribution in [2.75, 3.05) is 6.54 Å². The first-order valence-electron chi connectivity index (χ1n) is 6.81. The van der Waals surface area contributed by atoms with Gasteiger partial charge in [-0.05, 0) is 24.3 Å². The molecule has 2 heterocycles. The summed E-state index contributed by atoms with van der Waals surface area (Å²) >= 11 is 1.80. The monoisotopic (exact) mass is 279 g/mol. The fourth-order valence-corrected chi connectivity index (χ4v) is 2.58. The van der Waals surface area contributed by atoms with E-state index in [4.69, 9.17) is 4.42 Å². The predicted molar refractivity (Wildman–Crippen MR) is 77.5 cm³/mol. The minimum atomic E-state index is 0.494. The first-order chi connectivity index (χ1) is 9.24. The molecular weight excluding hydrogens is 258 g/mol. The van der Waals surface area contributed by atoms with Gasteiger partial charge in [0, 0.05) is 30.3 Å². The SMILES string of the molecule is CC(C)NCCc1nnc(CCCc2cccs2)o1. The van der Waals surface area contributed by atoms with Crippen LogP contribution in [0, 0.1) is 0 Å². The van der Waals surface area contributed by atoms with Crippen LogP contribution in [-0.2, 0) is 19.3 Å². The highest BCUT2D eigenvalue weighted by molar-refractivity contribution is 7.09. The topological polar surface area (TPSA) is 51.0 Å². The highest BCUT2D eigenvalue weighted by atomic mass is 32.1. The fourth-order valence-electron chi connectivity index (χ4n) is 1.83. The van der Waals surface area contributed by atoms with Crippen molar-refractivity contribution >= 4 is 11.3 Å². The van der Waals surface area contributed by atoms with Crippen LogP contribution in [0.4, 0.5) is 0 Å². The number of hydrogen-bond donors (Lipinski definition) is 1. The lowest BCUT2D eigenvalue weighted by Crippen LogP contribution is -2.25. The molecule has 0 aromatic carbocycles. The summed E-state index contributed by atoms with van der Waals surface area (Å²) in [6.45, 7) is 5.14. The second-order valence-corrected chi connectivity index (χ2v) is 5.91. The number of aryl methyl sites for hydroxylation is 2. The fraction of sp³-hybridized carbons (Fsp3) is 0.571. The van der Waals surface area contributed by atoms with Crippen LogP contribution in [0.15, 0.2) is 21.9 Å². The standard InChI is InChI=1S/C14H21N3OS/c1-11(2)15-9-8-14-17-16-13(18-14)7-3-5-12-6-4-10-19-12/h4,6,10-11,15H,3,5,7-9H2,1-2H3. The molecule has 104 valence electrons. The number of thiophene rings is 1. The van der Waals surface area contributed by atoms with Gasteiger partial charge in [-0.3, -0.25) is 0 Å². The lowest BCUT2D eigenvalue weighted by molar-refractivity contribution is 0.435. The summed E-state index contributed by atoms with van der Waals surface area (Å²) in [5.41, 5.74) is 0. The van der Waals surface area contributed by atoms with Crippen molar-refractivity contribution in [3.05, 3.63) is 34.2 Å². The third-order valence-electron chi connectivity index (χ3n) is 2.79. The Morgan fingerprint density at radius 1 is 1.21 bits per heavy atom. The smallest absolute Gasteiger partial charge is 0.217 e. The molecule has 0 spiro atoms. The third-order valence-corrected chi connectivity index (χ3v) is 3.73. The molecule has 0 unspecified atom stereocenters. The van der Waals surface area contributed by atoms with Crippen molar-refractivity contribution in [3.8, 4) is 0 Å². The zero-order chi connectivity index (χ0) is 13.5. The number of aromatic nitrogens is 2. The van der Waals surface area contributed by atoms with E-state index in [2.05, 4.69) is 46.9 Å². The van der Waals surface area contributed by atoms with Crippen LogP contribution in [0.25, 0.3) is 0 Å². The molecule has 19 heavy (non-hydrogen) atoms. The Morgan fingerprint density at radius 3 is 2.68 bits per heavy atom. The molecule has 0 fully saturated rings. The van der Waals surface area contributed by atoms with Crippen LogP contribution in [0.3, 0.4) is 0 Å².